The summed E-state index contributed by atoms with van der Waals surface area (Å²) in [5.74, 6) is 0. The maximum Gasteiger partial charge on any atom is 0.00472 e. The van der Waals surface area contributed by atoms with Crippen molar-refractivity contribution >= 4 is 0 Å². The lowest BCUT2D eigenvalue weighted by Crippen LogP contribution is -2.33. The fourth-order valence-corrected chi connectivity index (χ4v) is 2.43. The monoisotopic (exact) mass is 221 g/mol. The van der Waals surface area contributed by atoms with Crippen molar-refractivity contribution < 1.29 is 0 Å². The van der Waals surface area contributed by atoms with E-state index in [-0.39, 0.29) is 0 Å². The van der Waals surface area contributed by atoms with Crippen LogP contribution in [0, 0.1) is 5.41 Å². The van der Waals surface area contributed by atoms with E-state index in [0.717, 1.165) is 13.0 Å². The Bertz CT molecular complexity index is 301. The summed E-state index contributed by atoms with van der Waals surface area (Å²) in [5.41, 5.74) is 1.99. The largest absolute Gasteiger partial charge is 0.367 e. The van der Waals surface area contributed by atoms with Crippen LogP contribution in [0.25, 0.3) is 0 Å². The molecule has 0 spiro atoms. The number of likely N-dealkylation sites (N-methyl/N-ethyl adjacent to an activating group) is 1. The van der Waals surface area contributed by atoms with Crippen LogP contribution in [0.4, 0.5) is 0 Å². The molecule has 1 saturated carbocycles. The van der Waals surface area contributed by atoms with Gasteiger partial charge in [0.15, 0.2) is 0 Å². The summed E-state index contributed by atoms with van der Waals surface area (Å²) in [6.07, 6.45) is 8.02. The van der Waals surface area contributed by atoms with Crippen molar-refractivity contribution in [1.82, 2.24) is 15.2 Å². The van der Waals surface area contributed by atoms with E-state index in [1.165, 1.54) is 31.5 Å². The molecule has 3 nitrogen and oxygen atoms in total. The Morgan fingerprint density at radius 2 is 2.31 bits per heavy atom. The molecule has 1 aromatic heterocycles. The van der Waals surface area contributed by atoms with Gasteiger partial charge in [-0.15, -0.1) is 0 Å². The highest BCUT2D eigenvalue weighted by Crippen LogP contribution is 2.45. The van der Waals surface area contributed by atoms with Gasteiger partial charge < -0.3 is 15.2 Å². The van der Waals surface area contributed by atoms with Crippen molar-refractivity contribution in [3.8, 4) is 0 Å². The molecule has 0 radical (unpaired) electrons. The van der Waals surface area contributed by atoms with E-state index in [4.69, 9.17) is 0 Å². The summed E-state index contributed by atoms with van der Waals surface area (Å²) < 4.78 is 0. The second kappa shape index (κ2) is 5.02. The van der Waals surface area contributed by atoms with E-state index in [1.807, 2.05) is 6.20 Å². The zero-order valence-electron chi connectivity index (χ0n) is 10.4. The molecule has 16 heavy (non-hydrogen) atoms. The van der Waals surface area contributed by atoms with Crippen molar-refractivity contribution in [2.24, 2.45) is 5.41 Å². The van der Waals surface area contributed by atoms with Crippen LogP contribution in [0.1, 0.15) is 18.4 Å². The van der Waals surface area contributed by atoms with Crippen LogP contribution in [0.2, 0.25) is 0 Å². The first kappa shape index (κ1) is 11.7. The summed E-state index contributed by atoms with van der Waals surface area (Å²) in [4.78, 5) is 5.58. The number of hydrogen-bond acceptors (Lipinski definition) is 2. The van der Waals surface area contributed by atoms with E-state index in [9.17, 15) is 0 Å². The number of rotatable bonds is 7. The zero-order valence-corrected chi connectivity index (χ0v) is 10.4. The molecule has 0 aromatic carbocycles. The molecule has 0 atom stereocenters. The van der Waals surface area contributed by atoms with Crippen LogP contribution in [-0.4, -0.2) is 43.6 Å². The quantitative estimate of drug-likeness (QED) is 0.731. The second-order valence-electron chi connectivity index (χ2n) is 5.24. The SMILES string of the molecule is CNCC1(CN(C)CCc2cc[nH]c2)CC1. The highest BCUT2D eigenvalue weighted by Gasteiger charge is 2.42. The second-order valence-corrected chi connectivity index (χ2v) is 5.24. The van der Waals surface area contributed by atoms with E-state index >= 15 is 0 Å². The fourth-order valence-electron chi connectivity index (χ4n) is 2.43. The maximum atomic E-state index is 3.31. The standard InChI is InChI=1S/C13H23N3/c1-14-10-13(5-6-13)11-16(2)8-4-12-3-7-15-9-12/h3,7,9,14-15H,4-6,8,10-11H2,1-2H3. The number of nitrogens with zero attached hydrogens (tertiary/aromatic N) is 1. The smallest absolute Gasteiger partial charge is 0.00472 e. The Labute approximate surface area is 98.2 Å². The average molecular weight is 221 g/mol. The van der Waals surface area contributed by atoms with Crippen molar-refractivity contribution in [3.05, 3.63) is 24.0 Å². The minimum absolute atomic E-state index is 0.585. The van der Waals surface area contributed by atoms with Gasteiger partial charge in [0.05, 0.1) is 0 Å². The van der Waals surface area contributed by atoms with Crippen LogP contribution in [0.15, 0.2) is 18.5 Å². The molecule has 0 bridgehead atoms. The highest BCUT2D eigenvalue weighted by atomic mass is 15.1. The van der Waals surface area contributed by atoms with Crippen molar-refractivity contribution in [2.75, 3.05) is 33.7 Å². The number of aromatic nitrogens is 1. The summed E-state index contributed by atoms with van der Waals surface area (Å²) in [5, 5.41) is 3.31. The first-order valence-corrected chi connectivity index (χ1v) is 6.19. The molecule has 1 fully saturated rings. The molecule has 90 valence electrons. The van der Waals surface area contributed by atoms with Gasteiger partial charge in [0.1, 0.15) is 0 Å². The zero-order chi connectivity index (χ0) is 11.4. The third-order valence-corrected chi connectivity index (χ3v) is 3.56. The van der Waals surface area contributed by atoms with Crippen LogP contribution < -0.4 is 5.32 Å². The molecule has 2 N–H and O–H groups in total. The predicted molar refractivity (Wildman–Crippen MR) is 67.6 cm³/mol. The van der Waals surface area contributed by atoms with Gasteiger partial charge in [0, 0.05) is 32.0 Å². The van der Waals surface area contributed by atoms with E-state index in [2.05, 4.69) is 41.6 Å². The predicted octanol–water partition coefficient (Wildman–Crippen LogP) is 1.49. The first-order chi connectivity index (χ1) is 7.74. The lowest BCUT2D eigenvalue weighted by atomic mass is 10.1. The van der Waals surface area contributed by atoms with Gasteiger partial charge in [0.2, 0.25) is 0 Å². The molecule has 0 aliphatic heterocycles. The van der Waals surface area contributed by atoms with E-state index < -0.39 is 0 Å². The molecule has 0 amide bonds. The van der Waals surface area contributed by atoms with Gasteiger partial charge in [-0.25, -0.2) is 0 Å². The third-order valence-electron chi connectivity index (χ3n) is 3.56. The number of hydrogen-bond donors (Lipinski definition) is 2. The Hall–Kier alpha value is -0.800. The van der Waals surface area contributed by atoms with Crippen molar-refractivity contribution in [1.29, 1.82) is 0 Å². The van der Waals surface area contributed by atoms with Crippen LogP contribution in [-0.2, 0) is 6.42 Å². The van der Waals surface area contributed by atoms with Gasteiger partial charge in [-0.3, -0.25) is 0 Å². The molecule has 2 rings (SSSR count). The maximum absolute atomic E-state index is 3.31. The first-order valence-electron chi connectivity index (χ1n) is 6.19. The number of aromatic amines is 1. The summed E-state index contributed by atoms with van der Waals surface area (Å²) in [7, 11) is 4.29. The van der Waals surface area contributed by atoms with Crippen molar-refractivity contribution in [3.63, 3.8) is 0 Å². The summed E-state index contributed by atoms with van der Waals surface area (Å²) in [6.45, 7) is 3.56. The topological polar surface area (TPSA) is 31.1 Å². The molecule has 0 saturated heterocycles. The summed E-state index contributed by atoms with van der Waals surface area (Å²) in [6, 6.07) is 2.16. The lowest BCUT2D eigenvalue weighted by Gasteiger charge is -2.23. The molecule has 1 aliphatic carbocycles. The molecule has 3 heteroatoms. The number of H-pyrrole nitrogens is 1. The van der Waals surface area contributed by atoms with Crippen LogP contribution >= 0.6 is 0 Å². The average Bonchev–Trinajstić information content (AvgIpc) is 2.82. The molecule has 0 unspecified atom stereocenters. The Kier molecular flexibility index (Phi) is 3.66. The van der Waals surface area contributed by atoms with E-state index in [1.54, 1.807) is 0 Å². The van der Waals surface area contributed by atoms with Gasteiger partial charge in [0.25, 0.3) is 0 Å². The van der Waals surface area contributed by atoms with Crippen molar-refractivity contribution in [2.45, 2.75) is 19.3 Å². The Balaban J connectivity index is 1.70. The molecule has 1 aromatic rings. The molecular formula is C13H23N3. The Morgan fingerprint density at radius 3 is 2.88 bits per heavy atom. The molecule has 1 aliphatic rings. The minimum atomic E-state index is 0.585. The molecule has 1 heterocycles. The third kappa shape index (κ3) is 3.09. The van der Waals surface area contributed by atoms with Gasteiger partial charge in [-0.05, 0) is 50.4 Å². The minimum Gasteiger partial charge on any atom is -0.367 e. The summed E-state index contributed by atoms with van der Waals surface area (Å²) >= 11 is 0. The lowest BCUT2D eigenvalue weighted by molar-refractivity contribution is 0.262. The number of nitrogens with one attached hydrogen (secondary N) is 2. The normalized spacial score (nSPS) is 17.9. The van der Waals surface area contributed by atoms with Gasteiger partial charge in [-0.2, -0.15) is 0 Å². The van der Waals surface area contributed by atoms with Gasteiger partial charge >= 0.3 is 0 Å². The highest BCUT2D eigenvalue weighted by molar-refractivity contribution is 5.08. The van der Waals surface area contributed by atoms with E-state index in [0.29, 0.717) is 5.41 Å². The Morgan fingerprint density at radius 1 is 1.50 bits per heavy atom. The van der Waals surface area contributed by atoms with Gasteiger partial charge in [-0.1, -0.05) is 0 Å². The fraction of sp³-hybridized carbons (Fsp3) is 0.692. The molecular weight excluding hydrogens is 198 g/mol. The van der Waals surface area contributed by atoms with Crippen LogP contribution in [0.5, 0.6) is 0 Å². The van der Waals surface area contributed by atoms with Crippen LogP contribution in [0.3, 0.4) is 0 Å².